The smallest absolute Gasteiger partial charge is 0.470 e. The summed E-state index contributed by atoms with van der Waals surface area (Å²) in [6.45, 7) is 5.69. The summed E-state index contributed by atoms with van der Waals surface area (Å²) in [5, 5.41) is 22.9. The number of hydrogen-bond acceptors (Lipinski definition) is 10. The zero-order valence-electron chi connectivity index (χ0n) is 41.7. The highest BCUT2D eigenvalue weighted by Gasteiger charge is 2.53. The summed E-state index contributed by atoms with van der Waals surface area (Å²) in [5.74, 6) is -3.48. The van der Waals surface area contributed by atoms with E-state index in [1.807, 2.05) is 0 Å². The highest BCUT2D eigenvalue weighted by Crippen LogP contribution is 2.42. The van der Waals surface area contributed by atoms with E-state index in [-0.39, 0.29) is 12.8 Å². The van der Waals surface area contributed by atoms with E-state index in [1.165, 1.54) is 122 Å². The summed E-state index contributed by atoms with van der Waals surface area (Å²) in [6, 6.07) is -1.63. The van der Waals surface area contributed by atoms with Gasteiger partial charge in [0.15, 0.2) is 12.2 Å². The number of carbonyl (C=O) groups excluding carboxylic acids is 3. The molecule has 0 aromatic rings. The van der Waals surface area contributed by atoms with Gasteiger partial charge in [0, 0.05) is 12.8 Å². The first-order valence-corrected chi connectivity index (χ1v) is 28.3. The molecule has 0 aromatic heterocycles. The number of aliphatic hydroxyl groups excluding tert-OH is 1. The third kappa shape index (κ3) is 32.6. The minimum Gasteiger partial charge on any atom is -0.479 e. The number of ether oxygens (including phenoxy) is 3. The van der Waals surface area contributed by atoms with Crippen molar-refractivity contribution in [1.29, 1.82) is 0 Å². The molecular formula is C51H96NO13P. The molecule has 0 saturated carbocycles. The molecule has 1 aliphatic rings. The molecule has 15 heteroatoms. The maximum atomic E-state index is 13.8. The van der Waals surface area contributed by atoms with Gasteiger partial charge in [0.05, 0.1) is 13.0 Å². The average molecular weight is 962 g/mol. The number of aliphatic hydroxyl groups is 1. The van der Waals surface area contributed by atoms with Gasteiger partial charge in [-0.05, 0) is 25.7 Å². The number of carboxylic acid groups (broad SMARTS) is 1. The molecule has 0 unspecified atom stereocenters. The minimum absolute atomic E-state index is 0.0318. The molecule has 1 saturated heterocycles. The van der Waals surface area contributed by atoms with Gasteiger partial charge in [-0.3, -0.25) is 18.9 Å². The second-order valence-electron chi connectivity index (χ2n) is 18.9. The Morgan fingerprint density at radius 1 is 0.561 bits per heavy atom. The van der Waals surface area contributed by atoms with Gasteiger partial charge in [0.25, 0.3) is 0 Å². The molecular weight excluding hydrogens is 866 g/mol. The van der Waals surface area contributed by atoms with Crippen molar-refractivity contribution < 1.29 is 62.5 Å². The van der Waals surface area contributed by atoms with Crippen LogP contribution in [0.4, 0.5) is 0 Å². The number of phosphoric ester groups is 1. The van der Waals surface area contributed by atoms with Gasteiger partial charge >= 0.3 is 25.7 Å². The summed E-state index contributed by atoms with van der Waals surface area (Å²) in [4.78, 5) is 72.5. The van der Waals surface area contributed by atoms with Crippen LogP contribution in [-0.2, 0) is 42.5 Å². The first-order valence-electron chi connectivity index (χ1n) is 26.8. The third-order valence-corrected chi connectivity index (χ3v) is 13.3. The van der Waals surface area contributed by atoms with Gasteiger partial charge < -0.3 is 39.5 Å². The van der Waals surface area contributed by atoms with E-state index >= 15 is 0 Å². The maximum Gasteiger partial charge on any atom is 0.470 e. The lowest BCUT2D eigenvalue weighted by Crippen LogP contribution is -2.67. The van der Waals surface area contributed by atoms with E-state index in [4.69, 9.17) is 18.7 Å². The van der Waals surface area contributed by atoms with Crippen LogP contribution in [0, 0.1) is 0 Å². The molecule has 0 radical (unpaired) electrons. The van der Waals surface area contributed by atoms with Gasteiger partial charge in [0.2, 0.25) is 5.91 Å². The monoisotopic (exact) mass is 962 g/mol. The SMILES string of the molecule is CCCCCCCCCCCCCC(=O)N[C@@H]1[C@@H](OC(=O)C[C@@H](CCCCCCCCCCCCC)OC(=O)CCCCCCCCCCCCC)[C@H](OP(=O)(O)O)[C@@H](CO)O[C@@H]1C(=O)O. The lowest BCUT2D eigenvalue weighted by Gasteiger charge is -2.44. The Morgan fingerprint density at radius 2 is 0.955 bits per heavy atom. The first-order chi connectivity index (χ1) is 31.9. The molecule has 1 fully saturated rings. The van der Waals surface area contributed by atoms with Gasteiger partial charge in [-0.25, -0.2) is 9.36 Å². The Hall–Kier alpha value is -2.09. The van der Waals surface area contributed by atoms with E-state index in [2.05, 4.69) is 26.1 Å². The van der Waals surface area contributed by atoms with E-state index < -0.39 is 81.2 Å². The van der Waals surface area contributed by atoms with E-state index in [9.17, 15) is 43.7 Å². The molecule has 1 heterocycles. The predicted molar refractivity (Wildman–Crippen MR) is 260 cm³/mol. The maximum absolute atomic E-state index is 13.8. The van der Waals surface area contributed by atoms with Crippen LogP contribution in [0.25, 0.3) is 0 Å². The van der Waals surface area contributed by atoms with Crippen LogP contribution in [0.2, 0.25) is 0 Å². The lowest BCUT2D eigenvalue weighted by atomic mass is 9.92. The number of phosphoric acid groups is 1. The van der Waals surface area contributed by atoms with Crippen LogP contribution in [0.15, 0.2) is 0 Å². The fourth-order valence-electron chi connectivity index (χ4n) is 8.89. The predicted octanol–water partition coefficient (Wildman–Crippen LogP) is 12.1. The molecule has 0 spiro atoms. The standard InChI is InChI=1S/C51H96NO13P/c1-4-7-10-13-16-19-22-25-28-31-34-37-42(62-45(55)39-36-33-30-27-24-21-18-15-12-9-6-3)40-46(56)64-49-47(50(51(57)58)63-43(41-53)48(49)65-66(59,60)61)52-44(54)38-35-32-29-26-23-20-17-14-11-8-5-2/h42-43,47-50,53H,4-41H2,1-3H3,(H,52,54)(H,57,58)(H2,59,60,61)/t42-,43-,47-,48-,49-,50+/m1/s1. The molecule has 66 heavy (non-hydrogen) atoms. The number of esters is 2. The molecule has 1 amide bonds. The van der Waals surface area contributed by atoms with Crippen molar-refractivity contribution in [3.63, 3.8) is 0 Å². The van der Waals surface area contributed by atoms with Gasteiger partial charge in [-0.2, -0.15) is 0 Å². The molecule has 388 valence electrons. The molecule has 0 bridgehead atoms. The van der Waals surface area contributed by atoms with Crippen molar-refractivity contribution in [2.45, 2.75) is 295 Å². The molecule has 6 atom stereocenters. The largest absolute Gasteiger partial charge is 0.479 e. The van der Waals surface area contributed by atoms with E-state index in [0.29, 0.717) is 25.7 Å². The fourth-order valence-corrected chi connectivity index (χ4v) is 9.47. The van der Waals surface area contributed by atoms with Crippen molar-refractivity contribution in [1.82, 2.24) is 5.32 Å². The molecule has 1 aliphatic heterocycles. The van der Waals surface area contributed by atoms with Crippen LogP contribution < -0.4 is 5.32 Å². The van der Waals surface area contributed by atoms with Crippen LogP contribution in [0.1, 0.15) is 258 Å². The number of rotatable bonds is 45. The van der Waals surface area contributed by atoms with Crippen molar-refractivity contribution in [2.75, 3.05) is 6.61 Å². The van der Waals surface area contributed by atoms with E-state index in [1.54, 1.807) is 0 Å². The number of amides is 1. The van der Waals surface area contributed by atoms with Crippen LogP contribution in [0.3, 0.4) is 0 Å². The quantitative estimate of drug-likeness (QED) is 0.0218. The molecule has 0 aromatic carbocycles. The fraction of sp³-hybridized carbons (Fsp3) is 0.922. The number of nitrogens with one attached hydrogen (secondary N) is 1. The Morgan fingerprint density at radius 3 is 1.35 bits per heavy atom. The molecule has 14 nitrogen and oxygen atoms in total. The van der Waals surface area contributed by atoms with Gasteiger partial charge in [0.1, 0.15) is 24.4 Å². The molecule has 1 rings (SSSR count). The number of carboxylic acids is 1. The highest BCUT2D eigenvalue weighted by molar-refractivity contribution is 7.46. The number of hydrogen-bond donors (Lipinski definition) is 5. The summed E-state index contributed by atoms with van der Waals surface area (Å²) >= 11 is 0. The van der Waals surface area contributed by atoms with Gasteiger partial charge in [-0.15, -0.1) is 0 Å². The van der Waals surface area contributed by atoms with Crippen molar-refractivity contribution in [3.05, 3.63) is 0 Å². The topological polar surface area (TPSA) is 215 Å². The minimum atomic E-state index is -5.33. The van der Waals surface area contributed by atoms with Crippen LogP contribution in [-0.4, -0.2) is 87.0 Å². The second-order valence-corrected chi connectivity index (χ2v) is 20.1. The number of carbonyl (C=O) groups is 4. The Balaban J connectivity index is 3.00. The number of unbranched alkanes of at least 4 members (excludes halogenated alkanes) is 30. The summed E-state index contributed by atoms with van der Waals surface area (Å²) in [6.07, 6.45) is 28.8. The average Bonchev–Trinajstić information content (AvgIpc) is 3.27. The Bertz CT molecular complexity index is 1280. The second kappa shape index (κ2) is 40.8. The molecule has 0 aliphatic carbocycles. The highest BCUT2D eigenvalue weighted by atomic mass is 31.2. The van der Waals surface area contributed by atoms with Gasteiger partial charge in [-0.1, -0.05) is 213 Å². The van der Waals surface area contributed by atoms with Crippen molar-refractivity contribution in [3.8, 4) is 0 Å². The van der Waals surface area contributed by atoms with Crippen molar-refractivity contribution in [2.24, 2.45) is 0 Å². The zero-order valence-corrected chi connectivity index (χ0v) is 42.6. The summed E-state index contributed by atoms with van der Waals surface area (Å²) in [5.41, 5.74) is 0. The number of aliphatic carboxylic acids is 1. The van der Waals surface area contributed by atoms with Crippen LogP contribution in [0.5, 0.6) is 0 Å². The third-order valence-electron chi connectivity index (χ3n) is 12.8. The molecule has 5 N–H and O–H groups in total. The Kier molecular flexibility index (Phi) is 38.2. The van der Waals surface area contributed by atoms with Crippen molar-refractivity contribution >= 4 is 31.6 Å². The Labute approximate surface area is 399 Å². The summed E-state index contributed by atoms with van der Waals surface area (Å²) < 4.78 is 34.4. The first kappa shape index (κ1) is 61.9. The zero-order chi connectivity index (χ0) is 48.7. The lowest BCUT2D eigenvalue weighted by molar-refractivity contribution is -0.215. The summed E-state index contributed by atoms with van der Waals surface area (Å²) in [7, 11) is -5.33. The van der Waals surface area contributed by atoms with E-state index in [0.717, 1.165) is 70.6 Å². The normalized spacial score (nSPS) is 19.1. The van der Waals surface area contributed by atoms with Crippen LogP contribution >= 0.6 is 7.82 Å².